The van der Waals surface area contributed by atoms with E-state index in [-0.39, 0.29) is 47.7 Å². The predicted octanol–water partition coefficient (Wildman–Crippen LogP) is 3.40. The van der Waals surface area contributed by atoms with E-state index >= 15 is 0 Å². The van der Waals surface area contributed by atoms with Crippen molar-refractivity contribution < 1.29 is 35.9 Å². The summed E-state index contributed by atoms with van der Waals surface area (Å²) in [4.78, 5) is 11.9. The number of alkyl halides is 3. The standard InChI is InChI=1S/C19H18ClF3N2O5S/c20-14-3-6-16(17(11-14)31(27,28)25-7-9-29-10-8-25)30-12-18(26)24-15-4-1-13(2-5-15)19(21,22)23/h1-6,11H,7-10,12H2,(H,24,26). The van der Waals surface area contributed by atoms with Crippen molar-refractivity contribution in [2.75, 3.05) is 38.2 Å². The minimum atomic E-state index is -4.48. The molecule has 2 aromatic carbocycles. The van der Waals surface area contributed by atoms with Gasteiger partial charge in [-0.2, -0.15) is 17.5 Å². The van der Waals surface area contributed by atoms with Crippen molar-refractivity contribution in [2.45, 2.75) is 11.1 Å². The highest BCUT2D eigenvalue weighted by atomic mass is 35.5. The van der Waals surface area contributed by atoms with E-state index in [2.05, 4.69) is 5.32 Å². The molecule has 1 saturated heterocycles. The number of carbonyl (C=O) groups is 1. The van der Waals surface area contributed by atoms with Crippen LogP contribution in [0.2, 0.25) is 5.02 Å². The van der Waals surface area contributed by atoms with E-state index in [1.54, 1.807) is 0 Å². The third-order valence-corrected chi connectivity index (χ3v) is 6.50. The number of halogens is 4. The summed E-state index contributed by atoms with van der Waals surface area (Å²) in [5, 5.41) is 2.56. The molecular weight excluding hydrogens is 461 g/mol. The van der Waals surface area contributed by atoms with Gasteiger partial charge in [-0.05, 0) is 42.5 Å². The fourth-order valence-electron chi connectivity index (χ4n) is 2.81. The highest BCUT2D eigenvalue weighted by Crippen LogP contribution is 2.31. The zero-order valence-electron chi connectivity index (χ0n) is 16.0. The Hall–Kier alpha value is -2.34. The number of carbonyl (C=O) groups excluding carboxylic acids is 1. The minimum Gasteiger partial charge on any atom is -0.482 e. The average Bonchev–Trinajstić information content (AvgIpc) is 2.73. The van der Waals surface area contributed by atoms with Gasteiger partial charge in [0.1, 0.15) is 10.6 Å². The molecule has 0 radical (unpaired) electrons. The molecule has 3 rings (SSSR count). The van der Waals surface area contributed by atoms with Crippen LogP contribution in [0.4, 0.5) is 18.9 Å². The summed E-state index contributed by atoms with van der Waals surface area (Å²) in [6.45, 7) is 0.288. The molecule has 0 saturated carbocycles. The normalized spacial score (nSPS) is 15.5. The molecule has 1 aliphatic heterocycles. The van der Waals surface area contributed by atoms with E-state index < -0.39 is 34.3 Å². The van der Waals surface area contributed by atoms with Gasteiger partial charge >= 0.3 is 6.18 Å². The number of amides is 1. The van der Waals surface area contributed by atoms with Gasteiger partial charge in [0.15, 0.2) is 6.61 Å². The van der Waals surface area contributed by atoms with Crippen molar-refractivity contribution in [3.8, 4) is 5.75 Å². The van der Waals surface area contributed by atoms with Crippen LogP contribution in [0.15, 0.2) is 47.4 Å². The summed E-state index contributed by atoms with van der Waals surface area (Å²) in [7, 11) is -3.94. The molecule has 1 fully saturated rings. The Labute approximate surface area is 181 Å². The van der Waals surface area contributed by atoms with Gasteiger partial charge in [-0.1, -0.05) is 11.6 Å². The number of ether oxygens (including phenoxy) is 2. The maximum absolute atomic E-state index is 12.9. The minimum absolute atomic E-state index is 0.0709. The van der Waals surface area contributed by atoms with Gasteiger partial charge < -0.3 is 14.8 Å². The van der Waals surface area contributed by atoms with Crippen LogP contribution in [-0.4, -0.2) is 51.5 Å². The van der Waals surface area contributed by atoms with Crippen LogP contribution in [0.1, 0.15) is 5.56 Å². The average molecular weight is 479 g/mol. The molecule has 31 heavy (non-hydrogen) atoms. The Kier molecular flexibility index (Phi) is 7.10. The number of rotatable bonds is 6. The Bertz CT molecular complexity index is 1040. The number of nitrogens with one attached hydrogen (secondary N) is 1. The number of benzene rings is 2. The Morgan fingerprint density at radius 2 is 1.77 bits per heavy atom. The first kappa shape index (κ1) is 23.3. The Morgan fingerprint density at radius 1 is 1.13 bits per heavy atom. The fraction of sp³-hybridized carbons (Fsp3) is 0.316. The zero-order chi connectivity index (χ0) is 22.6. The van der Waals surface area contributed by atoms with Crippen LogP contribution in [0, 0.1) is 0 Å². The van der Waals surface area contributed by atoms with Gasteiger partial charge in [-0.25, -0.2) is 8.42 Å². The van der Waals surface area contributed by atoms with Crippen LogP contribution in [0.25, 0.3) is 0 Å². The summed E-state index contributed by atoms with van der Waals surface area (Å²) in [5.41, 5.74) is -0.709. The first-order valence-electron chi connectivity index (χ1n) is 9.05. The molecule has 1 aliphatic rings. The van der Waals surface area contributed by atoms with Crippen molar-refractivity contribution in [1.29, 1.82) is 0 Å². The molecule has 1 N–H and O–H groups in total. The van der Waals surface area contributed by atoms with Crippen LogP contribution in [-0.2, 0) is 25.7 Å². The molecule has 168 valence electrons. The number of morpholine rings is 1. The van der Waals surface area contributed by atoms with Gasteiger partial charge in [-0.15, -0.1) is 0 Å². The summed E-state index contributed by atoms with van der Waals surface area (Å²) < 4.78 is 75.5. The summed E-state index contributed by atoms with van der Waals surface area (Å²) in [5.74, 6) is -0.747. The van der Waals surface area contributed by atoms with E-state index in [4.69, 9.17) is 21.1 Å². The van der Waals surface area contributed by atoms with E-state index in [1.165, 1.54) is 22.5 Å². The number of nitrogens with zero attached hydrogens (tertiary/aromatic N) is 1. The lowest BCUT2D eigenvalue weighted by molar-refractivity contribution is -0.137. The van der Waals surface area contributed by atoms with Crippen LogP contribution in [0.3, 0.4) is 0 Å². The van der Waals surface area contributed by atoms with Gasteiger partial charge in [-0.3, -0.25) is 4.79 Å². The number of hydrogen-bond donors (Lipinski definition) is 1. The van der Waals surface area contributed by atoms with Crippen LogP contribution >= 0.6 is 11.6 Å². The molecule has 0 spiro atoms. The number of anilines is 1. The maximum Gasteiger partial charge on any atom is 0.416 e. The van der Waals surface area contributed by atoms with Crippen molar-refractivity contribution in [3.63, 3.8) is 0 Å². The van der Waals surface area contributed by atoms with Crippen molar-refractivity contribution >= 4 is 33.2 Å². The molecule has 1 heterocycles. The molecule has 0 atom stereocenters. The third kappa shape index (κ3) is 5.88. The SMILES string of the molecule is O=C(COc1ccc(Cl)cc1S(=O)(=O)N1CCOCC1)Nc1ccc(C(F)(F)F)cc1. The highest BCUT2D eigenvalue weighted by Gasteiger charge is 2.31. The summed E-state index contributed by atoms with van der Waals surface area (Å²) in [6.07, 6.45) is -4.48. The molecule has 7 nitrogen and oxygen atoms in total. The van der Waals surface area contributed by atoms with Gasteiger partial charge in [0.2, 0.25) is 10.0 Å². The lowest BCUT2D eigenvalue weighted by Crippen LogP contribution is -2.40. The van der Waals surface area contributed by atoms with E-state index in [0.29, 0.717) is 0 Å². The predicted molar refractivity (Wildman–Crippen MR) is 107 cm³/mol. The Morgan fingerprint density at radius 3 is 2.39 bits per heavy atom. The summed E-state index contributed by atoms with van der Waals surface area (Å²) in [6, 6.07) is 7.87. The van der Waals surface area contributed by atoms with Crippen LogP contribution in [0.5, 0.6) is 5.75 Å². The Balaban J connectivity index is 1.69. The number of hydrogen-bond acceptors (Lipinski definition) is 5. The highest BCUT2D eigenvalue weighted by molar-refractivity contribution is 7.89. The lowest BCUT2D eigenvalue weighted by atomic mass is 10.2. The second-order valence-corrected chi connectivity index (χ2v) is 8.86. The molecule has 0 aromatic heterocycles. The largest absolute Gasteiger partial charge is 0.482 e. The maximum atomic E-state index is 12.9. The first-order valence-corrected chi connectivity index (χ1v) is 10.9. The van der Waals surface area contributed by atoms with Crippen molar-refractivity contribution in [1.82, 2.24) is 4.31 Å². The smallest absolute Gasteiger partial charge is 0.416 e. The fourth-order valence-corrected chi connectivity index (χ4v) is 4.61. The van der Waals surface area contributed by atoms with Crippen LogP contribution < -0.4 is 10.1 Å². The second kappa shape index (κ2) is 9.43. The number of sulfonamides is 1. The van der Waals surface area contributed by atoms with Crippen molar-refractivity contribution in [2.24, 2.45) is 0 Å². The molecule has 0 unspecified atom stereocenters. The van der Waals surface area contributed by atoms with Gasteiger partial charge in [0.25, 0.3) is 5.91 Å². The lowest BCUT2D eigenvalue weighted by Gasteiger charge is -2.26. The quantitative estimate of drug-likeness (QED) is 0.688. The topological polar surface area (TPSA) is 84.9 Å². The molecule has 0 bridgehead atoms. The van der Waals surface area contributed by atoms with Gasteiger partial charge in [0.05, 0.1) is 18.8 Å². The second-order valence-electron chi connectivity index (χ2n) is 6.52. The monoisotopic (exact) mass is 478 g/mol. The third-order valence-electron chi connectivity index (χ3n) is 4.35. The van der Waals surface area contributed by atoms with Gasteiger partial charge in [0, 0.05) is 23.8 Å². The van der Waals surface area contributed by atoms with Crippen molar-refractivity contribution in [3.05, 3.63) is 53.1 Å². The summed E-state index contributed by atoms with van der Waals surface area (Å²) >= 11 is 5.95. The molecule has 12 heteroatoms. The van der Waals surface area contributed by atoms with E-state index in [0.717, 1.165) is 24.3 Å². The molecular formula is C19H18ClF3N2O5S. The molecule has 1 amide bonds. The molecule has 0 aliphatic carbocycles. The molecule has 2 aromatic rings. The van der Waals surface area contributed by atoms with E-state index in [9.17, 15) is 26.4 Å². The van der Waals surface area contributed by atoms with E-state index in [1.807, 2.05) is 0 Å². The first-order chi connectivity index (χ1) is 14.6. The zero-order valence-corrected chi connectivity index (χ0v) is 17.6.